The fourth-order valence-electron chi connectivity index (χ4n) is 0.982. The van der Waals surface area contributed by atoms with Crippen molar-refractivity contribution in [2.75, 3.05) is 20.3 Å². The Morgan fingerprint density at radius 2 is 2.12 bits per heavy atom. The van der Waals surface area contributed by atoms with E-state index in [1.54, 1.807) is 0 Å². The summed E-state index contributed by atoms with van der Waals surface area (Å²) in [6.07, 6.45) is 0. The van der Waals surface area contributed by atoms with Gasteiger partial charge in [0.2, 0.25) is 0 Å². The minimum atomic E-state index is -3.83. The summed E-state index contributed by atoms with van der Waals surface area (Å²) in [6.45, 7) is 0.335. The van der Waals surface area contributed by atoms with Crippen molar-refractivity contribution in [2.24, 2.45) is 0 Å². The van der Waals surface area contributed by atoms with Crippen LogP contribution in [0.1, 0.15) is 0 Å². The van der Waals surface area contributed by atoms with Crippen LogP contribution in [0.5, 0.6) is 0 Å². The van der Waals surface area contributed by atoms with Crippen molar-refractivity contribution in [3.8, 4) is 0 Å². The third-order valence-corrected chi connectivity index (χ3v) is 3.93. The second-order valence-electron chi connectivity index (χ2n) is 3.00. The lowest BCUT2D eigenvalue weighted by Gasteiger charge is -2.08. The number of hydrogen-bond acceptors (Lipinski definition) is 4. The van der Waals surface area contributed by atoms with Gasteiger partial charge in [-0.15, -0.1) is 0 Å². The van der Waals surface area contributed by atoms with Crippen molar-refractivity contribution in [1.82, 2.24) is 4.89 Å². The average Bonchev–Trinajstić information content (AvgIpc) is 2.24. The van der Waals surface area contributed by atoms with Crippen molar-refractivity contribution in [3.05, 3.63) is 28.5 Å². The van der Waals surface area contributed by atoms with E-state index in [9.17, 15) is 12.8 Å². The highest BCUT2D eigenvalue weighted by atomic mass is 79.9. The Hall–Kier alpha value is -0.540. The lowest BCUT2D eigenvalue weighted by Crippen LogP contribution is -2.26. The number of benzene rings is 1. The monoisotopic (exact) mass is 327 g/mol. The van der Waals surface area contributed by atoms with Crippen LogP contribution in [0, 0.1) is 5.82 Å². The third kappa shape index (κ3) is 4.32. The zero-order valence-corrected chi connectivity index (χ0v) is 11.3. The predicted octanol–water partition coefficient (Wildman–Crippen LogP) is 1.44. The highest BCUT2D eigenvalue weighted by Crippen LogP contribution is 2.22. The molecule has 0 amide bonds. The largest absolute Gasteiger partial charge is 0.382 e. The lowest BCUT2D eigenvalue weighted by molar-refractivity contribution is 0.0438. The van der Waals surface area contributed by atoms with Gasteiger partial charge in [0.05, 0.1) is 18.1 Å². The predicted molar refractivity (Wildman–Crippen MR) is 62.2 cm³/mol. The van der Waals surface area contributed by atoms with Crippen molar-refractivity contribution in [3.63, 3.8) is 0 Å². The molecule has 0 unspecified atom stereocenters. The van der Waals surface area contributed by atoms with Gasteiger partial charge in [0, 0.05) is 11.6 Å². The molecule has 1 aromatic rings. The van der Waals surface area contributed by atoms with Crippen LogP contribution in [0.4, 0.5) is 4.39 Å². The molecule has 96 valence electrons. The topological polar surface area (TPSA) is 64.6 Å². The summed E-state index contributed by atoms with van der Waals surface area (Å²) in [7, 11) is -2.36. The Morgan fingerprint density at radius 3 is 2.71 bits per heavy atom. The first-order valence-electron chi connectivity index (χ1n) is 4.55. The van der Waals surface area contributed by atoms with E-state index >= 15 is 0 Å². The molecule has 0 spiro atoms. The molecule has 0 radical (unpaired) electrons. The molecule has 5 nitrogen and oxygen atoms in total. The summed E-state index contributed by atoms with van der Waals surface area (Å²) in [5, 5.41) is 0. The molecule has 0 fully saturated rings. The molecule has 1 rings (SSSR count). The van der Waals surface area contributed by atoms with Crippen LogP contribution in [0.2, 0.25) is 0 Å². The number of rotatable bonds is 6. The fraction of sp³-hybridized carbons (Fsp3) is 0.333. The van der Waals surface area contributed by atoms with Gasteiger partial charge in [0.1, 0.15) is 5.82 Å². The van der Waals surface area contributed by atoms with Crippen LogP contribution in [-0.2, 0) is 19.6 Å². The Labute approximate surface area is 107 Å². The van der Waals surface area contributed by atoms with Crippen LogP contribution in [0.15, 0.2) is 27.6 Å². The first kappa shape index (κ1) is 14.5. The van der Waals surface area contributed by atoms with E-state index in [-0.39, 0.29) is 22.6 Å². The van der Waals surface area contributed by atoms with Crippen LogP contribution < -0.4 is 4.89 Å². The standard InChI is InChI=1S/C9H11BrFNO4S/c1-15-4-5-16-12-17(13,14)9-3-2-7(11)6-8(9)10/h2-3,6,12H,4-5H2,1H3. The van der Waals surface area contributed by atoms with Gasteiger partial charge >= 0.3 is 0 Å². The van der Waals surface area contributed by atoms with E-state index in [1.807, 2.05) is 4.89 Å². The van der Waals surface area contributed by atoms with Gasteiger partial charge in [-0.3, -0.25) is 4.84 Å². The molecule has 0 bridgehead atoms. The number of nitrogens with one attached hydrogen (secondary N) is 1. The smallest absolute Gasteiger partial charge is 0.263 e. The Bertz CT molecular complexity index is 480. The fourth-order valence-corrected chi connectivity index (χ4v) is 2.86. The van der Waals surface area contributed by atoms with Gasteiger partial charge < -0.3 is 4.74 Å². The van der Waals surface area contributed by atoms with Gasteiger partial charge in [0.25, 0.3) is 10.0 Å². The van der Waals surface area contributed by atoms with Crippen molar-refractivity contribution in [2.45, 2.75) is 4.90 Å². The van der Waals surface area contributed by atoms with Gasteiger partial charge in [0.15, 0.2) is 0 Å². The van der Waals surface area contributed by atoms with Crippen LogP contribution >= 0.6 is 15.9 Å². The summed E-state index contributed by atoms with van der Waals surface area (Å²) < 4.78 is 41.0. The molecule has 0 saturated carbocycles. The molecule has 0 heterocycles. The summed E-state index contributed by atoms with van der Waals surface area (Å²) in [6, 6.07) is 3.25. The van der Waals surface area contributed by atoms with Crippen LogP contribution in [-0.4, -0.2) is 28.7 Å². The normalized spacial score (nSPS) is 11.7. The molecule has 17 heavy (non-hydrogen) atoms. The summed E-state index contributed by atoms with van der Waals surface area (Å²) in [4.78, 5) is 6.51. The maximum atomic E-state index is 12.8. The molecule has 0 atom stereocenters. The molecule has 8 heteroatoms. The molecule has 1 N–H and O–H groups in total. The summed E-state index contributed by atoms with van der Waals surface area (Å²) in [5.74, 6) is -0.531. The molecule has 0 saturated heterocycles. The molecule has 1 aromatic carbocycles. The maximum absolute atomic E-state index is 12.8. The molecule has 0 aliphatic heterocycles. The van der Waals surface area contributed by atoms with E-state index in [2.05, 4.69) is 20.7 Å². The highest BCUT2D eigenvalue weighted by Gasteiger charge is 2.18. The van der Waals surface area contributed by atoms with Crippen molar-refractivity contribution >= 4 is 26.0 Å². The minimum absolute atomic E-state index is 0.0779. The number of ether oxygens (including phenoxy) is 1. The van der Waals surface area contributed by atoms with Crippen molar-refractivity contribution in [1.29, 1.82) is 0 Å². The van der Waals surface area contributed by atoms with E-state index < -0.39 is 15.8 Å². The summed E-state index contributed by atoms with van der Waals surface area (Å²) >= 11 is 2.97. The van der Waals surface area contributed by atoms with Gasteiger partial charge in [-0.2, -0.15) is 0 Å². The zero-order chi connectivity index (χ0) is 12.9. The van der Waals surface area contributed by atoms with Crippen LogP contribution in [0.3, 0.4) is 0 Å². The third-order valence-electron chi connectivity index (χ3n) is 1.74. The summed E-state index contributed by atoms with van der Waals surface area (Å²) in [5.41, 5.74) is 0. The SMILES string of the molecule is COCCONS(=O)(=O)c1ccc(F)cc1Br. The molecular formula is C9H11BrFNO4S. The quantitative estimate of drug-likeness (QED) is 0.634. The van der Waals surface area contributed by atoms with E-state index in [0.717, 1.165) is 18.2 Å². The first-order chi connectivity index (χ1) is 7.97. The number of halogens is 2. The Morgan fingerprint density at radius 1 is 1.41 bits per heavy atom. The Kier molecular flexibility index (Phi) is 5.47. The van der Waals surface area contributed by atoms with Crippen molar-refractivity contribution < 1.29 is 22.4 Å². The average molecular weight is 328 g/mol. The highest BCUT2D eigenvalue weighted by molar-refractivity contribution is 9.10. The van der Waals surface area contributed by atoms with E-state index in [0.29, 0.717) is 0 Å². The molecule has 0 aromatic heterocycles. The van der Waals surface area contributed by atoms with Crippen LogP contribution in [0.25, 0.3) is 0 Å². The second kappa shape index (κ2) is 6.41. The number of methoxy groups -OCH3 is 1. The minimum Gasteiger partial charge on any atom is -0.382 e. The zero-order valence-electron chi connectivity index (χ0n) is 8.94. The van der Waals surface area contributed by atoms with Gasteiger partial charge in [-0.05, 0) is 34.1 Å². The van der Waals surface area contributed by atoms with E-state index in [1.165, 1.54) is 7.11 Å². The van der Waals surface area contributed by atoms with E-state index in [4.69, 9.17) is 4.84 Å². The Balaban J connectivity index is 2.76. The lowest BCUT2D eigenvalue weighted by atomic mass is 10.3. The number of sulfonamides is 1. The second-order valence-corrected chi connectivity index (χ2v) is 5.47. The molecular weight excluding hydrogens is 317 g/mol. The van der Waals surface area contributed by atoms with Gasteiger partial charge in [-0.1, -0.05) is 4.89 Å². The molecule has 0 aliphatic carbocycles. The van der Waals surface area contributed by atoms with Gasteiger partial charge in [-0.25, -0.2) is 12.8 Å². The first-order valence-corrected chi connectivity index (χ1v) is 6.82. The maximum Gasteiger partial charge on any atom is 0.263 e. The molecule has 0 aliphatic rings. The number of hydrogen-bond donors (Lipinski definition) is 1.